The van der Waals surface area contributed by atoms with Crippen molar-refractivity contribution in [2.24, 2.45) is 0 Å². The molecule has 1 amide bonds. The van der Waals surface area contributed by atoms with Gasteiger partial charge in [-0.3, -0.25) is 4.84 Å². The van der Waals surface area contributed by atoms with Crippen molar-refractivity contribution in [2.45, 2.75) is 68.9 Å². The Balaban J connectivity index is 0.861. The second-order valence-electron chi connectivity index (χ2n) is 12.0. The summed E-state index contributed by atoms with van der Waals surface area (Å²) in [5.41, 5.74) is 9.32. The Morgan fingerprint density at radius 3 is 2.16 bits per heavy atom. The highest BCUT2D eigenvalue weighted by molar-refractivity contribution is 5.79. The molecule has 2 heterocycles. The SMILES string of the molecule is O=C(OCC1c2ccccc2-c2ccccc21)N1CCC(c2nc(C3CCC(NOCc4ccccc4)CC3)no2)CC1. The molecule has 222 valence electrons. The topological polar surface area (TPSA) is 89.7 Å². The number of fused-ring (bicyclic) bond motifs is 3. The summed E-state index contributed by atoms with van der Waals surface area (Å²) in [5.74, 6) is 2.07. The van der Waals surface area contributed by atoms with Crippen LogP contribution in [-0.2, 0) is 16.2 Å². The van der Waals surface area contributed by atoms with E-state index in [4.69, 9.17) is 19.1 Å². The molecule has 8 nitrogen and oxygen atoms in total. The number of hydrogen-bond donors (Lipinski definition) is 1. The smallest absolute Gasteiger partial charge is 0.409 e. The van der Waals surface area contributed by atoms with Gasteiger partial charge in [0.05, 0.1) is 6.61 Å². The molecule has 3 aromatic carbocycles. The van der Waals surface area contributed by atoms with Crippen LogP contribution < -0.4 is 5.48 Å². The van der Waals surface area contributed by atoms with Gasteiger partial charge >= 0.3 is 6.09 Å². The summed E-state index contributed by atoms with van der Waals surface area (Å²) < 4.78 is 11.6. The molecule has 4 aromatic rings. The average molecular weight is 579 g/mol. The van der Waals surface area contributed by atoms with E-state index in [1.165, 1.54) is 22.3 Å². The van der Waals surface area contributed by atoms with Crippen LogP contribution in [0, 0.1) is 0 Å². The standard InChI is InChI=1S/C35H38N4O4/c40-35(41-23-32-30-12-6-4-10-28(30)29-11-5-7-13-31(29)32)39-20-18-26(19-21-39)34-36-33(38-43-34)25-14-16-27(17-15-25)37-42-22-24-8-2-1-3-9-24/h1-13,25-27,32,37H,14-23H2. The number of piperidine rings is 1. The summed E-state index contributed by atoms with van der Waals surface area (Å²) in [5, 5.41) is 4.36. The quantitative estimate of drug-likeness (QED) is 0.226. The number of ether oxygens (including phenoxy) is 1. The number of hydroxylamine groups is 1. The Morgan fingerprint density at radius 1 is 0.814 bits per heavy atom. The maximum Gasteiger partial charge on any atom is 0.409 e. The van der Waals surface area contributed by atoms with Crippen LogP contribution in [0.2, 0.25) is 0 Å². The lowest BCUT2D eigenvalue weighted by Gasteiger charge is -2.30. The van der Waals surface area contributed by atoms with Crippen LogP contribution in [0.4, 0.5) is 4.79 Å². The van der Waals surface area contributed by atoms with Gasteiger partial charge in [-0.1, -0.05) is 84.0 Å². The zero-order valence-electron chi connectivity index (χ0n) is 24.4. The first-order valence-corrected chi connectivity index (χ1v) is 15.6. The van der Waals surface area contributed by atoms with E-state index in [-0.39, 0.29) is 17.9 Å². The van der Waals surface area contributed by atoms with Crippen molar-refractivity contribution in [1.82, 2.24) is 20.5 Å². The van der Waals surface area contributed by atoms with Crippen LogP contribution in [-0.4, -0.2) is 46.9 Å². The van der Waals surface area contributed by atoms with Gasteiger partial charge in [-0.25, -0.2) is 4.79 Å². The van der Waals surface area contributed by atoms with Crippen molar-refractivity contribution in [3.05, 3.63) is 107 Å². The molecule has 43 heavy (non-hydrogen) atoms. The first-order valence-electron chi connectivity index (χ1n) is 15.6. The number of rotatable bonds is 8. The number of amides is 1. The first kappa shape index (κ1) is 27.8. The van der Waals surface area contributed by atoms with E-state index in [1.807, 2.05) is 23.1 Å². The highest BCUT2D eigenvalue weighted by Crippen LogP contribution is 2.44. The molecule has 0 bridgehead atoms. The van der Waals surface area contributed by atoms with Crippen LogP contribution in [0.1, 0.15) is 84.7 Å². The van der Waals surface area contributed by atoms with Gasteiger partial charge in [0.2, 0.25) is 5.89 Å². The fourth-order valence-electron chi connectivity index (χ4n) is 6.86. The lowest BCUT2D eigenvalue weighted by molar-refractivity contribution is -0.00603. The van der Waals surface area contributed by atoms with E-state index in [2.05, 4.69) is 71.3 Å². The van der Waals surface area contributed by atoms with Crippen LogP contribution in [0.5, 0.6) is 0 Å². The molecular formula is C35H38N4O4. The van der Waals surface area contributed by atoms with E-state index < -0.39 is 0 Å². The van der Waals surface area contributed by atoms with Crippen LogP contribution >= 0.6 is 0 Å². The molecule has 1 aliphatic heterocycles. The molecular weight excluding hydrogens is 540 g/mol. The molecule has 1 N–H and O–H groups in total. The summed E-state index contributed by atoms with van der Waals surface area (Å²) >= 11 is 0. The molecule has 7 rings (SSSR count). The van der Waals surface area contributed by atoms with Crippen LogP contribution in [0.15, 0.2) is 83.4 Å². The minimum Gasteiger partial charge on any atom is -0.448 e. The molecule has 0 radical (unpaired) electrons. The van der Waals surface area contributed by atoms with Crippen molar-refractivity contribution in [2.75, 3.05) is 19.7 Å². The summed E-state index contributed by atoms with van der Waals surface area (Å²) in [4.78, 5) is 25.4. The van der Waals surface area contributed by atoms with Gasteiger partial charge in [-0.05, 0) is 66.3 Å². The predicted octanol–water partition coefficient (Wildman–Crippen LogP) is 6.95. The largest absolute Gasteiger partial charge is 0.448 e. The van der Waals surface area contributed by atoms with Gasteiger partial charge < -0.3 is 14.2 Å². The zero-order chi connectivity index (χ0) is 29.0. The van der Waals surface area contributed by atoms with Gasteiger partial charge in [0.15, 0.2) is 5.82 Å². The summed E-state index contributed by atoms with van der Waals surface area (Å²) in [6.07, 6.45) is 5.38. The molecule has 2 fully saturated rings. The molecule has 8 heteroatoms. The van der Waals surface area contributed by atoms with E-state index in [9.17, 15) is 4.79 Å². The van der Waals surface area contributed by atoms with E-state index in [0.717, 1.165) is 49.9 Å². The maximum atomic E-state index is 13.0. The third-order valence-corrected chi connectivity index (χ3v) is 9.32. The van der Waals surface area contributed by atoms with Gasteiger partial charge in [0.25, 0.3) is 0 Å². The Kier molecular flexibility index (Phi) is 8.21. The molecule has 0 spiro atoms. The Hall–Kier alpha value is -4.01. The van der Waals surface area contributed by atoms with Crippen LogP contribution in [0.3, 0.4) is 0 Å². The second-order valence-corrected chi connectivity index (χ2v) is 12.0. The van der Waals surface area contributed by atoms with Crippen molar-refractivity contribution in [3.63, 3.8) is 0 Å². The summed E-state index contributed by atoms with van der Waals surface area (Å²) in [6, 6.07) is 27.3. The van der Waals surface area contributed by atoms with Gasteiger partial charge in [0.1, 0.15) is 6.61 Å². The lowest BCUT2D eigenvalue weighted by Crippen LogP contribution is -2.38. The van der Waals surface area contributed by atoms with Crippen molar-refractivity contribution in [3.8, 4) is 11.1 Å². The summed E-state index contributed by atoms with van der Waals surface area (Å²) in [6.45, 7) is 2.16. The predicted molar refractivity (Wildman–Crippen MR) is 162 cm³/mol. The average Bonchev–Trinajstić information content (AvgIpc) is 3.68. The molecule has 0 atom stereocenters. The van der Waals surface area contributed by atoms with Crippen molar-refractivity contribution in [1.29, 1.82) is 0 Å². The zero-order valence-corrected chi connectivity index (χ0v) is 24.4. The van der Waals surface area contributed by atoms with E-state index in [0.29, 0.717) is 44.2 Å². The number of carbonyl (C=O) groups is 1. The normalized spacial score (nSPS) is 20.5. The number of nitrogens with one attached hydrogen (secondary N) is 1. The van der Waals surface area contributed by atoms with Gasteiger partial charge in [-0.2, -0.15) is 10.5 Å². The van der Waals surface area contributed by atoms with Gasteiger partial charge in [-0.15, -0.1) is 0 Å². The number of nitrogens with zero attached hydrogens (tertiary/aromatic N) is 3. The molecule has 1 saturated heterocycles. The fraction of sp³-hybridized carbons (Fsp3) is 0.400. The number of likely N-dealkylation sites (tertiary alicyclic amines) is 1. The number of hydrogen-bond acceptors (Lipinski definition) is 7. The lowest BCUT2D eigenvalue weighted by atomic mass is 9.86. The van der Waals surface area contributed by atoms with Crippen molar-refractivity contribution >= 4 is 6.09 Å². The number of carbonyl (C=O) groups excluding carboxylic acids is 1. The Bertz CT molecular complexity index is 1480. The number of benzene rings is 3. The third-order valence-electron chi connectivity index (χ3n) is 9.32. The van der Waals surface area contributed by atoms with E-state index in [1.54, 1.807) is 0 Å². The molecule has 3 aliphatic rings. The van der Waals surface area contributed by atoms with Crippen molar-refractivity contribution < 1.29 is 18.9 Å². The van der Waals surface area contributed by atoms with Gasteiger partial charge in [0, 0.05) is 36.9 Å². The minimum atomic E-state index is -0.246. The van der Waals surface area contributed by atoms with E-state index >= 15 is 0 Å². The Labute approximate surface area is 252 Å². The molecule has 2 aliphatic carbocycles. The molecule has 1 saturated carbocycles. The molecule has 1 aromatic heterocycles. The second kappa shape index (κ2) is 12.7. The molecule has 0 unspecified atom stereocenters. The summed E-state index contributed by atoms with van der Waals surface area (Å²) in [7, 11) is 0. The highest BCUT2D eigenvalue weighted by Gasteiger charge is 2.33. The monoisotopic (exact) mass is 578 g/mol. The fourth-order valence-corrected chi connectivity index (χ4v) is 6.86. The minimum absolute atomic E-state index is 0.0679. The highest BCUT2D eigenvalue weighted by atomic mass is 16.6. The Morgan fingerprint density at radius 2 is 1.47 bits per heavy atom. The number of aromatic nitrogens is 2. The third kappa shape index (κ3) is 6.08. The van der Waals surface area contributed by atoms with Crippen LogP contribution in [0.25, 0.3) is 11.1 Å². The maximum absolute atomic E-state index is 13.0. The first-order chi connectivity index (χ1) is 21.2.